The van der Waals surface area contributed by atoms with Gasteiger partial charge in [0.2, 0.25) is 0 Å². The third kappa shape index (κ3) is 3.67. The molecule has 1 fully saturated rings. The van der Waals surface area contributed by atoms with Gasteiger partial charge < -0.3 is 9.59 Å². The van der Waals surface area contributed by atoms with E-state index in [1.165, 1.54) is 32.4 Å². The van der Waals surface area contributed by atoms with Crippen molar-refractivity contribution in [1.29, 1.82) is 0 Å². The second-order valence-corrected chi connectivity index (χ2v) is 6.88. The summed E-state index contributed by atoms with van der Waals surface area (Å²) in [5.74, 6) is 6.39. The van der Waals surface area contributed by atoms with Crippen molar-refractivity contribution in [1.82, 2.24) is 4.98 Å². The molecule has 0 bridgehead atoms. The fourth-order valence-corrected chi connectivity index (χ4v) is 3.33. The number of nitrogens with zero attached hydrogens (tertiary/aromatic N) is 2. The zero-order valence-corrected chi connectivity index (χ0v) is 14.3. The fourth-order valence-electron chi connectivity index (χ4n) is 3.33. The van der Waals surface area contributed by atoms with Gasteiger partial charge in [0.25, 0.3) is 0 Å². The van der Waals surface area contributed by atoms with Crippen molar-refractivity contribution in [2.45, 2.75) is 24.9 Å². The number of benzene rings is 1. The molecule has 1 atom stereocenters. The Bertz CT molecular complexity index is 670. The number of aromatic nitrogens is 1. The maximum atomic E-state index is 11.3. The van der Waals surface area contributed by atoms with Crippen LogP contribution in [0.3, 0.4) is 0 Å². The summed E-state index contributed by atoms with van der Waals surface area (Å²) in [5.41, 5.74) is -0.0280. The minimum Gasteiger partial charge on any atom is -0.368 e. The highest BCUT2D eigenvalue weighted by Crippen LogP contribution is 2.27. The molecule has 0 spiro atoms. The van der Waals surface area contributed by atoms with Gasteiger partial charge in [-0.3, -0.25) is 4.98 Å². The van der Waals surface area contributed by atoms with Crippen molar-refractivity contribution < 1.29 is 9.59 Å². The van der Waals surface area contributed by atoms with E-state index in [9.17, 15) is 5.11 Å². The molecule has 1 aromatic carbocycles. The Labute approximate surface area is 144 Å². The van der Waals surface area contributed by atoms with Gasteiger partial charge in [0.05, 0.1) is 25.8 Å². The van der Waals surface area contributed by atoms with Crippen LogP contribution >= 0.6 is 0 Å². The van der Waals surface area contributed by atoms with Crippen LogP contribution in [-0.2, 0) is 5.60 Å². The van der Waals surface area contributed by atoms with Gasteiger partial charge in [0.1, 0.15) is 6.54 Å². The van der Waals surface area contributed by atoms with Crippen LogP contribution in [0.25, 0.3) is 0 Å². The number of hydrogen-bond donors (Lipinski definition) is 1. The lowest BCUT2D eigenvalue weighted by molar-refractivity contribution is -0.907. The minimum absolute atomic E-state index is 0.574. The summed E-state index contributed by atoms with van der Waals surface area (Å²) >= 11 is 0. The van der Waals surface area contributed by atoms with E-state index in [0.717, 1.165) is 16.6 Å². The normalized spacial score (nSPS) is 18.9. The van der Waals surface area contributed by atoms with E-state index < -0.39 is 5.60 Å². The molecule has 1 aromatic heterocycles. The minimum atomic E-state index is -1.36. The highest BCUT2D eigenvalue weighted by atomic mass is 16.3. The molecule has 1 aliphatic rings. The first-order chi connectivity index (χ1) is 11.6. The van der Waals surface area contributed by atoms with Crippen molar-refractivity contribution in [2.75, 3.05) is 26.7 Å². The van der Waals surface area contributed by atoms with Crippen molar-refractivity contribution in [3.05, 3.63) is 66.0 Å². The third-order valence-electron chi connectivity index (χ3n) is 4.85. The smallest absolute Gasteiger partial charge is 0.194 e. The zero-order chi connectivity index (χ0) is 16.9. The summed E-state index contributed by atoms with van der Waals surface area (Å²) in [4.78, 5) is 4.35. The third-order valence-corrected chi connectivity index (χ3v) is 4.85. The maximum Gasteiger partial charge on any atom is 0.194 e. The molecule has 1 aliphatic heterocycles. The Morgan fingerprint density at radius 3 is 2.42 bits per heavy atom. The Balaban J connectivity index is 1.91. The molecule has 0 amide bonds. The van der Waals surface area contributed by atoms with E-state index in [1.807, 2.05) is 48.5 Å². The Morgan fingerprint density at radius 2 is 1.75 bits per heavy atom. The van der Waals surface area contributed by atoms with Gasteiger partial charge >= 0.3 is 0 Å². The fraction of sp³-hybridized carbons (Fsp3) is 0.381. The van der Waals surface area contributed by atoms with Crippen LogP contribution in [0, 0.1) is 11.8 Å². The quantitative estimate of drug-likeness (QED) is 0.696. The first-order valence-corrected chi connectivity index (χ1v) is 8.65. The van der Waals surface area contributed by atoms with Crippen LogP contribution in [-0.4, -0.2) is 41.3 Å². The van der Waals surface area contributed by atoms with Gasteiger partial charge in [-0.15, -0.1) is 0 Å². The Hall–Kier alpha value is -2.15. The van der Waals surface area contributed by atoms with Crippen LogP contribution in [0.1, 0.15) is 30.5 Å². The van der Waals surface area contributed by atoms with Gasteiger partial charge in [0, 0.05) is 11.8 Å². The molecule has 1 unspecified atom stereocenters. The van der Waals surface area contributed by atoms with E-state index in [2.05, 4.69) is 23.9 Å². The molecule has 2 aromatic rings. The van der Waals surface area contributed by atoms with Gasteiger partial charge in [-0.1, -0.05) is 42.3 Å². The van der Waals surface area contributed by atoms with Crippen molar-refractivity contribution >= 4 is 0 Å². The summed E-state index contributed by atoms with van der Waals surface area (Å²) in [6, 6.07) is 15.2. The lowest BCUT2D eigenvalue weighted by Crippen LogP contribution is -2.48. The Morgan fingerprint density at radius 1 is 1.04 bits per heavy atom. The van der Waals surface area contributed by atoms with Gasteiger partial charge in [-0.2, -0.15) is 0 Å². The lowest BCUT2D eigenvalue weighted by atomic mass is 9.90. The molecular weight excluding hydrogens is 296 g/mol. The maximum absolute atomic E-state index is 11.3. The second kappa shape index (κ2) is 7.17. The molecule has 3 heteroatoms. The Kier molecular flexibility index (Phi) is 4.99. The highest BCUT2D eigenvalue weighted by Gasteiger charge is 2.31. The molecule has 3 rings (SSSR count). The van der Waals surface area contributed by atoms with Crippen LogP contribution in [0.2, 0.25) is 0 Å². The highest BCUT2D eigenvalue weighted by molar-refractivity contribution is 5.41. The SMILES string of the molecule is C[N+]1(CC#CC(O)(c2ccccc2)c2ccccn2)CCCCC1. The number of pyridine rings is 1. The molecule has 2 heterocycles. The topological polar surface area (TPSA) is 33.1 Å². The van der Waals surface area contributed by atoms with Crippen LogP contribution < -0.4 is 0 Å². The van der Waals surface area contributed by atoms with Gasteiger partial charge in [-0.05, 0) is 37.3 Å². The van der Waals surface area contributed by atoms with E-state index in [-0.39, 0.29) is 0 Å². The molecule has 1 N–H and O–H groups in total. The number of piperidine rings is 1. The number of hydrogen-bond acceptors (Lipinski definition) is 2. The summed E-state index contributed by atoms with van der Waals surface area (Å²) in [6.45, 7) is 3.10. The van der Waals surface area contributed by atoms with Crippen molar-refractivity contribution in [3.63, 3.8) is 0 Å². The summed E-state index contributed by atoms with van der Waals surface area (Å²) in [7, 11) is 2.26. The number of likely N-dealkylation sites (tertiary alicyclic amines) is 1. The molecular formula is C21H25N2O+. The number of rotatable bonds is 3. The average molecular weight is 321 g/mol. The van der Waals surface area contributed by atoms with E-state index in [0.29, 0.717) is 5.69 Å². The summed E-state index contributed by atoms with van der Waals surface area (Å²) < 4.78 is 0.972. The van der Waals surface area contributed by atoms with Crippen LogP contribution in [0.5, 0.6) is 0 Å². The largest absolute Gasteiger partial charge is 0.368 e. The monoisotopic (exact) mass is 321 g/mol. The van der Waals surface area contributed by atoms with E-state index in [4.69, 9.17) is 0 Å². The summed E-state index contributed by atoms with van der Waals surface area (Å²) in [6.07, 6.45) is 5.55. The summed E-state index contributed by atoms with van der Waals surface area (Å²) in [5, 5.41) is 11.3. The van der Waals surface area contributed by atoms with Gasteiger partial charge in [0.15, 0.2) is 5.60 Å². The second-order valence-electron chi connectivity index (χ2n) is 6.88. The van der Waals surface area contributed by atoms with Gasteiger partial charge in [-0.25, -0.2) is 0 Å². The molecule has 3 nitrogen and oxygen atoms in total. The molecule has 0 aliphatic carbocycles. The molecule has 24 heavy (non-hydrogen) atoms. The van der Waals surface area contributed by atoms with E-state index >= 15 is 0 Å². The molecule has 1 saturated heterocycles. The first-order valence-electron chi connectivity index (χ1n) is 8.65. The number of aliphatic hydroxyl groups is 1. The first kappa shape index (κ1) is 16.7. The number of quaternary nitrogens is 1. The van der Waals surface area contributed by atoms with Crippen molar-refractivity contribution in [3.8, 4) is 11.8 Å². The molecule has 124 valence electrons. The molecule has 0 radical (unpaired) electrons. The predicted octanol–water partition coefficient (Wildman–Crippen LogP) is 2.95. The van der Waals surface area contributed by atoms with E-state index in [1.54, 1.807) is 6.20 Å². The lowest BCUT2D eigenvalue weighted by Gasteiger charge is -2.36. The van der Waals surface area contributed by atoms with Crippen LogP contribution in [0.4, 0.5) is 0 Å². The van der Waals surface area contributed by atoms with Crippen LogP contribution in [0.15, 0.2) is 54.7 Å². The standard InChI is InChI=1S/C21H25N2O/c1-23(16-8-3-9-17-23)18-10-14-21(24,19-11-4-2-5-12-19)20-13-6-7-15-22-20/h2,4-7,11-13,15,24H,3,8-9,16-18H2,1H3/q+1. The molecule has 0 saturated carbocycles. The zero-order valence-electron chi connectivity index (χ0n) is 14.3. The van der Waals surface area contributed by atoms with Crippen molar-refractivity contribution in [2.24, 2.45) is 0 Å². The average Bonchev–Trinajstić information content (AvgIpc) is 2.63. The predicted molar refractivity (Wildman–Crippen MR) is 96.1 cm³/mol.